The highest BCUT2D eigenvalue weighted by Gasteiger charge is 2.10. The smallest absolute Gasteiger partial charge is 0.264 e. The molecule has 0 atom stereocenters. The number of benzene rings is 2. The van der Waals surface area contributed by atoms with E-state index in [1.807, 2.05) is 48.5 Å². The Morgan fingerprint density at radius 1 is 1.13 bits per heavy atom. The monoisotopic (exact) mass is 433 g/mol. The molecule has 2 heterocycles. The van der Waals surface area contributed by atoms with Crippen LogP contribution in [0.25, 0.3) is 17.1 Å². The van der Waals surface area contributed by atoms with Crippen LogP contribution in [0.2, 0.25) is 5.02 Å². The van der Waals surface area contributed by atoms with Gasteiger partial charge in [-0.1, -0.05) is 54.1 Å². The summed E-state index contributed by atoms with van der Waals surface area (Å²) in [5.74, 6) is -0.197. The van der Waals surface area contributed by atoms with Gasteiger partial charge in [0.15, 0.2) is 5.65 Å². The summed E-state index contributed by atoms with van der Waals surface area (Å²) < 4.78 is 3.14. The molecule has 4 rings (SSSR count). The molecule has 156 valence electrons. The maximum atomic E-state index is 12.8. The van der Waals surface area contributed by atoms with Crippen molar-refractivity contribution in [2.45, 2.75) is 13.1 Å². The van der Waals surface area contributed by atoms with Gasteiger partial charge in [-0.25, -0.2) is 9.67 Å². The highest BCUT2D eigenvalue weighted by atomic mass is 35.5. The highest BCUT2D eigenvalue weighted by Crippen LogP contribution is 2.12. The van der Waals surface area contributed by atoms with Crippen molar-refractivity contribution in [2.24, 2.45) is 0 Å². The second-order valence-corrected chi connectivity index (χ2v) is 7.38. The van der Waals surface area contributed by atoms with E-state index in [2.05, 4.69) is 15.4 Å². The molecule has 1 N–H and O–H groups in total. The van der Waals surface area contributed by atoms with Crippen LogP contribution in [-0.4, -0.2) is 31.8 Å². The molecule has 2 aromatic heterocycles. The van der Waals surface area contributed by atoms with Crippen LogP contribution in [0, 0.1) is 0 Å². The lowest BCUT2D eigenvalue weighted by Crippen LogP contribution is -2.26. The van der Waals surface area contributed by atoms with Crippen molar-refractivity contribution in [3.05, 3.63) is 99.7 Å². The van der Waals surface area contributed by atoms with E-state index < -0.39 is 0 Å². The van der Waals surface area contributed by atoms with Crippen molar-refractivity contribution in [1.29, 1.82) is 0 Å². The van der Waals surface area contributed by atoms with Gasteiger partial charge < -0.3 is 5.32 Å². The van der Waals surface area contributed by atoms with Crippen molar-refractivity contribution in [2.75, 3.05) is 6.54 Å². The second kappa shape index (κ2) is 9.40. The van der Waals surface area contributed by atoms with E-state index in [1.165, 1.54) is 23.2 Å². The van der Waals surface area contributed by atoms with E-state index in [0.29, 0.717) is 35.7 Å². The Balaban J connectivity index is 1.40. The van der Waals surface area contributed by atoms with E-state index in [1.54, 1.807) is 16.8 Å². The summed E-state index contributed by atoms with van der Waals surface area (Å²) in [6.45, 7) is 1.14. The first kappa shape index (κ1) is 20.6. The Hall–Kier alpha value is -3.71. The average Bonchev–Trinajstić information content (AvgIpc) is 3.19. The Labute approximate surface area is 183 Å². The minimum atomic E-state index is -0.197. The van der Waals surface area contributed by atoms with Gasteiger partial charge >= 0.3 is 0 Å². The average molecular weight is 434 g/mol. The van der Waals surface area contributed by atoms with Crippen molar-refractivity contribution in [1.82, 2.24) is 24.6 Å². The van der Waals surface area contributed by atoms with Crippen LogP contribution in [0.3, 0.4) is 0 Å². The van der Waals surface area contributed by atoms with E-state index >= 15 is 0 Å². The van der Waals surface area contributed by atoms with Gasteiger partial charge in [0.25, 0.3) is 5.56 Å². The number of nitrogens with one attached hydrogen (secondary N) is 1. The van der Waals surface area contributed by atoms with E-state index in [0.717, 1.165) is 11.1 Å². The summed E-state index contributed by atoms with van der Waals surface area (Å²) in [6.07, 6.45) is 6.26. The van der Waals surface area contributed by atoms with E-state index in [4.69, 9.17) is 11.6 Å². The first-order chi connectivity index (χ1) is 15.1. The number of nitrogens with zero attached hydrogens (tertiary/aromatic N) is 4. The highest BCUT2D eigenvalue weighted by molar-refractivity contribution is 6.30. The molecule has 0 spiro atoms. The fourth-order valence-corrected chi connectivity index (χ4v) is 3.40. The van der Waals surface area contributed by atoms with Crippen LogP contribution >= 0.6 is 11.6 Å². The normalized spacial score (nSPS) is 11.3. The predicted octanol–water partition coefficient (Wildman–Crippen LogP) is 3.12. The molecule has 0 fully saturated rings. The standard InChI is InChI=1S/C23H20ClN5O2/c24-19-8-4-7-18(13-19)15-28-16-26-22-20(23(28)31)14-27-29(22)12-11-25-21(30)10-9-17-5-2-1-3-6-17/h1-10,13-14,16H,11-12,15H2,(H,25,30). The molecule has 0 bridgehead atoms. The molecule has 0 aliphatic heterocycles. The number of hydrogen-bond acceptors (Lipinski definition) is 4. The SMILES string of the molecule is O=C(C=Cc1ccccc1)NCCn1ncc2c(=O)n(Cc3cccc(Cl)c3)cnc21. The molecule has 0 aliphatic rings. The van der Waals surface area contributed by atoms with Gasteiger partial charge in [-0.05, 0) is 29.3 Å². The van der Waals surface area contributed by atoms with Crippen LogP contribution in [-0.2, 0) is 17.9 Å². The van der Waals surface area contributed by atoms with Gasteiger partial charge in [-0.15, -0.1) is 0 Å². The quantitative estimate of drug-likeness (QED) is 0.454. The van der Waals surface area contributed by atoms with Gasteiger partial charge in [0.05, 0.1) is 19.3 Å². The number of hydrogen-bond donors (Lipinski definition) is 1. The van der Waals surface area contributed by atoms with Crippen LogP contribution in [0.15, 0.2) is 78.0 Å². The lowest BCUT2D eigenvalue weighted by Gasteiger charge is -2.07. The number of carbonyl (C=O) groups excluding carboxylic acids is 1. The Morgan fingerprint density at radius 2 is 1.97 bits per heavy atom. The van der Waals surface area contributed by atoms with Crippen molar-refractivity contribution >= 4 is 34.6 Å². The van der Waals surface area contributed by atoms with Gasteiger partial charge in [0, 0.05) is 17.6 Å². The van der Waals surface area contributed by atoms with Crippen molar-refractivity contribution in [3.63, 3.8) is 0 Å². The maximum absolute atomic E-state index is 12.8. The Bertz CT molecular complexity index is 1290. The van der Waals surface area contributed by atoms with Gasteiger partial charge in [0.2, 0.25) is 5.91 Å². The van der Waals surface area contributed by atoms with E-state index in [9.17, 15) is 9.59 Å². The number of halogens is 1. The first-order valence-corrected chi connectivity index (χ1v) is 10.1. The molecule has 2 aromatic carbocycles. The zero-order valence-electron chi connectivity index (χ0n) is 16.6. The summed E-state index contributed by atoms with van der Waals surface area (Å²) in [4.78, 5) is 29.2. The minimum absolute atomic E-state index is 0.175. The third-order valence-corrected chi connectivity index (χ3v) is 4.95. The molecule has 1 amide bonds. The number of amides is 1. The zero-order chi connectivity index (χ0) is 21.6. The fraction of sp³-hybridized carbons (Fsp3) is 0.130. The summed E-state index contributed by atoms with van der Waals surface area (Å²) in [5, 5.41) is 8.12. The van der Waals surface area contributed by atoms with Crippen LogP contribution < -0.4 is 10.9 Å². The molecule has 0 aliphatic carbocycles. The first-order valence-electron chi connectivity index (χ1n) is 9.76. The second-order valence-electron chi connectivity index (χ2n) is 6.95. The zero-order valence-corrected chi connectivity index (χ0v) is 17.4. The van der Waals surface area contributed by atoms with Gasteiger partial charge in [-0.3, -0.25) is 14.2 Å². The number of carbonyl (C=O) groups is 1. The molecule has 7 nitrogen and oxygen atoms in total. The van der Waals surface area contributed by atoms with E-state index in [-0.39, 0.29) is 11.5 Å². The number of rotatable bonds is 7. The third kappa shape index (κ3) is 5.07. The molecule has 0 radical (unpaired) electrons. The molecule has 31 heavy (non-hydrogen) atoms. The molecule has 8 heteroatoms. The minimum Gasteiger partial charge on any atom is -0.351 e. The Kier molecular flexibility index (Phi) is 6.24. The molecular formula is C23H20ClN5O2. The van der Waals surface area contributed by atoms with Crippen LogP contribution in [0.1, 0.15) is 11.1 Å². The topological polar surface area (TPSA) is 81.8 Å². The van der Waals surface area contributed by atoms with Crippen molar-refractivity contribution < 1.29 is 4.79 Å². The van der Waals surface area contributed by atoms with Gasteiger partial charge in [0.1, 0.15) is 11.7 Å². The maximum Gasteiger partial charge on any atom is 0.264 e. The largest absolute Gasteiger partial charge is 0.351 e. The summed E-state index contributed by atoms with van der Waals surface area (Å²) in [5.41, 5.74) is 2.18. The Morgan fingerprint density at radius 3 is 2.77 bits per heavy atom. The summed E-state index contributed by atoms with van der Waals surface area (Å²) in [7, 11) is 0. The molecule has 4 aromatic rings. The molecule has 0 saturated carbocycles. The predicted molar refractivity (Wildman–Crippen MR) is 121 cm³/mol. The lowest BCUT2D eigenvalue weighted by molar-refractivity contribution is -0.116. The van der Waals surface area contributed by atoms with Crippen molar-refractivity contribution in [3.8, 4) is 0 Å². The lowest BCUT2D eigenvalue weighted by atomic mass is 10.2. The number of fused-ring (bicyclic) bond motifs is 1. The fourth-order valence-electron chi connectivity index (χ4n) is 3.19. The van der Waals surface area contributed by atoms with Crippen LogP contribution in [0.5, 0.6) is 0 Å². The third-order valence-electron chi connectivity index (χ3n) is 4.71. The molecule has 0 saturated heterocycles. The summed E-state index contributed by atoms with van der Waals surface area (Å²) in [6, 6.07) is 16.9. The summed E-state index contributed by atoms with van der Waals surface area (Å²) >= 11 is 6.02. The number of aromatic nitrogens is 4. The molecule has 0 unspecified atom stereocenters. The van der Waals surface area contributed by atoms with Crippen LogP contribution in [0.4, 0.5) is 0 Å². The molecular weight excluding hydrogens is 414 g/mol. The van der Waals surface area contributed by atoms with Gasteiger partial charge in [-0.2, -0.15) is 5.10 Å².